The minimum absolute atomic E-state index is 0.00317. The van der Waals surface area contributed by atoms with Crippen molar-refractivity contribution in [2.45, 2.75) is 78.6 Å². The van der Waals surface area contributed by atoms with E-state index in [-0.39, 0.29) is 44.4 Å². The number of pyridine rings is 1. The van der Waals surface area contributed by atoms with Crippen molar-refractivity contribution in [2.75, 3.05) is 0 Å². The van der Waals surface area contributed by atoms with Crippen LogP contribution in [0.1, 0.15) is 96.8 Å². The quantitative estimate of drug-likeness (QED) is 0.127. The summed E-state index contributed by atoms with van der Waals surface area (Å²) in [5.41, 5.74) is 4.60. The monoisotopic (exact) mass is 936 g/mol. The molecule has 0 spiro atoms. The molecule has 3 aromatic heterocycles. The number of aromatic nitrogens is 4. The second-order valence-electron chi connectivity index (χ2n) is 21.4. The largest absolute Gasteiger partial charge is 0.458 e. The van der Waals surface area contributed by atoms with E-state index in [1.165, 1.54) is 0 Å². The van der Waals surface area contributed by atoms with Crippen LogP contribution in [0, 0.1) is 6.33 Å². The van der Waals surface area contributed by atoms with Crippen molar-refractivity contribution in [1.29, 1.82) is 0 Å². The SMILES string of the molecule is [2H]c1c([2H])c([2H])c(-c2cc3c4c(c2)n(-c2cccc(Oc5ccc6c7ccccc7n(-c7cc(C(C)(C)C)ccn7)c6c5)c2)[c-][n+]4-c2c(cc(C(C)(C)C)cc2C(C)(C)C)-c2c([2H])c([2H])c([2H])c([2H])c2-c2c([2H])c([2H])c([2H])c([2H])c2-3)c([2H])c1[2H]. The van der Waals surface area contributed by atoms with Crippen molar-refractivity contribution in [1.82, 2.24) is 14.1 Å². The van der Waals surface area contributed by atoms with E-state index in [9.17, 15) is 11.0 Å². The van der Waals surface area contributed by atoms with Crippen molar-refractivity contribution < 1.29 is 27.1 Å². The van der Waals surface area contributed by atoms with Crippen LogP contribution >= 0.6 is 0 Å². The van der Waals surface area contributed by atoms with Gasteiger partial charge in [0.05, 0.1) is 51.3 Å². The number of fused-ring (bicyclic) bond motifs is 10. The summed E-state index contributed by atoms with van der Waals surface area (Å²) >= 11 is 0. The lowest BCUT2D eigenvalue weighted by molar-refractivity contribution is -0.572. The topological polar surface area (TPSA) is 35.9 Å². The van der Waals surface area contributed by atoms with E-state index in [1.807, 2.05) is 114 Å². The van der Waals surface area contributed by atoms with Gasteiger partial charge in [-0.05, 0) is 132 Å². The van der Waals surface area contributed by atoms with E-state index < -0.39 is 89.4 Å². The third kappa shape index (κ3) is 7.54. The van der Waals surface area contributed by atoms with Crippen LogP contribution in [0.5, 0.6) is 11.5 Å². The van der Waals surface area contributed by atoms with E-state index in [1.54, 1.807) is 21.3 Å². The van der Waals surface area contributed by atoms with Gasteiger partial charge in [-0.2, -0.15) is 0 Å². The van der Waals surface area contributed by atoms with Gasteiger partial charge >= 0.3 is 0 Å². The fraction of sp³-hybridized carbons (Fsp3) is 0.182. The second-order valence-corrected chi connectivity index (χ2v) is 21.4. The Morgan fingerprint density at radius 1 is 0.507 bits per heavy atom. The van der Waals surface area contributed by atoms with E-state index in [4.69, 9.17) is 16.6 Å². The zero-order valence-electron chi connectivity index (χ0n) is 54.1. The molecule has 1 aliphatic heterocycles. The summed E-state index contributed by atoms with van der Waals surface area (Å²) in [7, 11) is 0. The van der Waals surface area contributed by atoms with Crippen LogP contribution in [0.4, 0.5) is 0 Å². The van der Waals surface area contributed by atoms with Crippen LogP contribution < -0.4 is 9.30 Å². The van der Waals surface area contributed by atoms with E-state index in [0.29, 0.717) is 39.5 Å². The van der Waals surface area contributed by atoms with Crippen LogP contribution in [-0.2, 0) is 16.2 Å². The lowest BCUT2D eigenvalue weighted by atomic mass is 9.77. The molecule has 0 aliphatic carbocycles. The number of benzene rings is 8. The van der Waals surface area contributed by atoms with Gasteiger partial charge in [0.15, 0.2) is 0 Å². The number of imidazole rings is 1. The Balaban J connectivity index is 1.20. The molecule has 0 N–H and O–H groups in total. The van der Waals surface area contributed by atoms with Crippen molar-refractivity contribution >= 4 is 32.8 Å². The summed E-state index contributed by atoms with van der Waals surface area (Å²) in [6.45, 7) is 18.7. The van der Waals surface area contributed by atoms with Crippen molar-refractivity contribution in [3.05, 3.63) is 211 Å². The van der Waals surface area contributed by atoms with Gasteiger partial charge < -0.3 is 4.74 Å². The van der Waals surface area contributed by atoms with E-state index in [2.05, 4.69) is 55.9 Å². The summed E-state index contributed by atoms with van der Waals surface area (Å²) in [5, 5.41) is 2.04. The standard InChI is InChI=1S/C66H58N4O/c1-64(2,3)44-32-33-67-61(38-44)70-58-29-18-17-28-53(58)54-31-30-48(40-59(54)70)71-47-23-19-22-46(39-47)68-41-69-62-56(36-45(65(4,5)6)37-57(62)66(7,8)9)52-27-16-14-25-50(52)49-24-13-15-26-51(49)55-34-43(35-60(68)63(55)69)42-20-11-10-12-21-42/h10-40H,1-9H3/i10D,11D,12D,13D,14D,15D,16D,20D,21D,24D,25D,26D,27D. The van der Waals surface area contributed by atoms with Gasteiger partial charge in [0, 0.05) is 23.0 Å². The molecule has 5 heteroatoms. The summed E-state index contributed by atoms with van der Waals surface area (Å²) in [5.74, 6) is 1.69. The van der Waals surface area contributed by atoms with Crippen LogP contribution in [0.15, 0.2) is 188 Å². The van der Waals surface area contributed by atoms with Crippen LogP contribution in [0.3, 0.4) is 0 Å². The first-order valence-electron chi connectivity index (χ1n) is 30.3. The Morgan fingerprint density at radius 2 is 1.15 bits per heavy atom. The fourth-order valence-corrected chi connectivity index (χ4v) is 9.88. The van der Waals surface area contributed by atoms with Gasteiger partial charge in [-0.3, -0.25) is 13.7 Å². The van der Waals surface area contributed by atoms with Crippen LogP contribution in [0.2, 0.25) is 0 Å². The van der Waals surface area contributed by atoms with Crippen LogP contribution in [0.25, 0.3) is 94.5 Å². The summed E-state index contributed by atoms with van der Waals surface area (Å²) in [6.07, 6.45) is 5.48. The molecule has 0 bridgehead atoms. The minimum Gasteiger partial charge on any atom is -0.458 e. The lowest BCUT2D eigenvalue weighted by Crippen LogP contribution is -2.35. The maximum absolute atomic E-state index is 9.89. The number of para-hydroxylation sites is 1. The van der Waals surface area contributed by atoms with Gasteiger partial charge in [-0.25, -0.2) is 4.98 Å². The maximum Gasteiger partial charge on any atom is 0.269 e. The number of hydrogen-bond donors (Lipinski definition) is 0. The van der Waals surface area contributed by atoms with Crippen molar-refractivity contribution in [2.24, 2.45) is 0 Å². The summed E-state index contributed by atoms with van der Waals surface area (Å²) in [4.78, 5) is 4.86. The second kappa shape index (κ2) is 16.3. The molecule has 0 atom stereocenters. The maximum atomic E-state index is 9.89. The molecule has 348 valence electrons. The third-order valence-electron chi connectivity index (χ3n) is 13.5. The highest BCUT2D eigenvalue weighted by Gasteiger charge is 2.32. The number of hydrogen-bond acceptors (Lipinski definition) is 2. The Labute approximate surface area is 435 Å². The molecule has 1 aliphatic rings. The zero-order chi connectivity index (χ0) is 60.3. The number of rotatable bonds is 5. The average Bonchev–Trinajstić information content (AvgIpc) is 1.47. The zero-order valence-corrected chi connectivity index (χ0v) is 41.1. The molecule has 11 aromatic rings. The predicted molar refractivity (Wildman–Crippen MR) is 294 cm³/mol. The van der Waals surface area contributed by atoms with Crippen molar-refractivity contribution in [3.8, 4) is 73.2 Å². The molecule has 5 nitrogen and oxygen atoms in total. The molecule has 0 saturated carbocycles. The Morgan fingerprint density at radius 3 is 1.86 bits per heavy atom. The smallest absolute Gasteiger partial charge is 0.269 e. The molecular formula is C66H58N4O. The molecule has 0 radical (unpaired) electrons. The first kappa shape index (κ1) is 32.0. The van der Waals surface area contributed by atoms with Gasteiger partial charge in [-0.15, -0.1) is 0 Å². The van der Waals surface area contributed by atoms with Gasteiger partial charge in [0.1, 0.15) is 17.3 Å². The molecule has 8 aromatic carbocycles. The lowest BCUT2D eigenvalue weighted by Gasteiger charge is -2.30. The highest BCUT2D eigenvalue weighted by Crippen LogP contribution is 2.48. The summed E-state index contributed by atoms with van der Waals surface area (Å²) < 4.78 is 133. The molecule has 4 heterocycles. The first-order chi connectivity index (χ1) is 39.5. The predicted octanol–water partition coefficient (Wildman–Crippen LogP) is 16.9. The van der Waals surface area contributed by atoms with Gasteiger partial charge in [0.2, 0.25) is 0 Å². The molecule has 0 fully saturated rings. The molecule has 0 saturated heterocycles. The van der Waals surface area contributed by atoms with E-state index >= 15 is 0 Å². The summed E-state index contributed by atoms with van der Waals surface area (Å²) in [6, 6.07) is 25.4. The molecule has 71 heavy (non-hydrogen) atoms. The Hall–Kier alpha value is -8.02. The minimum atomic E-state index is -0.698. The Kier molecular flexibility index (Phi) is 7.33. The van der Waals surface area contributed by atoms with Crippen molar-refractivity contribution in [3.63, 3.8) is 0 Å². The molecular weight excluding hydrogens is 865 g/mol. The van der Waals surface area contributed by atoms with Crippen LogP contribution in [-0.4, -0.2) is 14.1 Å². The van der Waals surface area contributed by atoms with Gasteiger partial charge in [-0.1, -0.05) is 183 Å². The molecule has 0 amide bonds. The third-order valence-corrected chi connectivity index (χ3v) is 13.5. The number of ether oxygens (including phenoxy) is 1. The fourth-order valence-electron chi connectivity index (χ4n) is 9.88. The normalized spacial score (nSPS) is 15.1. The number of nitrogens with zero attached hydrogens (tertiary/aromatic N) is 4. The highest BCUT2D eigenvalue weighted by atomic mass is 16.5. The molecule has 12 rings (SSSR count). The molecule has 0 unspecified atom stereocenters. The average molecular weight is 936 g/mol. The van der Waals surface area contributed by atoms with Gasteiger partial charge in [0.25, 0.3) is 6.33 Å². The highest BCUT2D eigenvalue weighted by molar-refractivity contribution is 6.09. The first-order valence-corrected chi connectivity index (χ1v) is 23.8. The van der Waals surface area contributed by atoms with E-state index in [0.717, 1.165) is 44.3 Å². The Bertz CT molecular complexity index is 4660.